The first kappa shape index (κ1) is 11.8. The molecule has 0 aliphatic carbocycles. The summed E-state index contributed by atoms with van der Waals surface area (Å²) in [5.74, 6) is -0.693. The van der Waals surface area contributed by atoms with E-state index in [0.29, 0.717) is 12.3 Å². The van der Waals surface area contributed by atoms with Gasteiger partial charge in [-0.15, -0.1) is 12.6 Å². The van der Waals surface area contributed by atoms with Gasteiger partial charge >= 0.3 is 5.97 Å². The predicted octanol–water partition coefficient (Wildman–Crippen LogP) is 1.48. The lowest BCUT2D eigenvalue weighted by Crippen LogP contribution is -2.43. The van der Waals surface area contributed by atoms with Crippen molar-refractivity contribution in [2.75, 3.05) is 0 Å². The van der Waals surface area contributed by atoms with Gasteiger partial charge in [0, 0.05) is 0 Å². The van der Waals surface area contributed by atoms with Crippen LogP contribution in [0.2, 0.25) is 0 Å². The normalized spacial score (nSPS) is 16.1. The molecule has 0 spiro atoms. The summed E-state index contributed by atoms with van der Waals surface area (Å²) < 4.78 is 0. The first-order valence-electron chi connectivity index (χ1n) is 4.18. The number of carboxylic acid groups (broad SMARTS) is 1. The summed E-state index contributed by atoms with van der Waals surface area (Å²) in [6.07, 6.45) is 2.32. The summed E-state index contributed by atoms with van der Waals surface area (Å²) in [4.78, 5) is 9.22. The molecule has 0 fully saturated rings. The van der Waals surface area contributed by atoms with Crippen LogP contribution >= 0.6 is 12.6 Å². The summed E-state index contributed by atoms with van der Waals surface area (Å²) in [5, 5.41) is 8.68. The quantitative estimate of drug-likeness (QED) is 0.455. The molecule has 0 heterocycles. The third kappa shape index (κ3) is 3.45. The summed E-state index contributed by atoms with van der Waals surface area (Å²) in [6.45, 7) is 4.06. The molecular weight excluding hydrogens is 174 g/mol. The van der Waals surface area contributed by atoms with Crippen molar-refractivity contribution >= 4 is 18.6 Å². The Morgan fingerprint density at radius 2 is 2.00 bits per heavy atom. The number of hydrogen-bond donors (Lipinski definition) is 3. The monoisotopic (exact) mass is 191 g/mol. The predicted molar refractivity (Wildman–Crippen MR) is 52.2 cm³/mol. The molecule has 0 bridgehead atoms. The highest BCUT2D eigenvalue weighted by Gasteiger charge is 2.31. The van der Waals surface area contributed by atoms with Gasteiger partial charge in [0.15, 0.2) is 4.87 Å². The van der Waals surface area contributed by atoms with Crippen molar-refractivity contribution in [3.8, 4) is 0 Å². The van der Waals surface area contributed by atoms with E-state index in [1.54, 1.807) is 0 Å². The molecule has 1 unspecified atom stereocenters. The van der Waals surface area contributed by atoms with Crippen molar-refractivity contribution in [1.29, 1.82) is 0 Å². The minimum absolute atomic E-state index is 0.351. The van der Waals surface area contributed by atoms with E-state index in [2.05, 4.69) is 12.6 Å². The zero-order valence-corrected chi connectivity index (χ0v) is 8.47. The molecule has 0 rings (SSSR count). The molecule has 4 heteroatoms. The zero-order valence-electron chi connectivity index (χ0n) is 7.58. The van der Waals surface area contributed by atoms with E-state index >= 15 is 0 Å². The lowest BCUT2D eigenvalue weighted by Gasteiger charge is -2.23. The molecule has 3 nitrogen and oxygen atoms in total. The molecule has 0 saturated heterocycles. The number of rotatable bonds is 5. The Bertz CT molecular complexity index is 155. The highest BCUT2D eigenvalue weighted by atomic mass is 32.1. The maximum atomic E-state index is 10.6. The fourth-order valence-electron chi connectivity index (χ4n) is 1.10. The first-order chi connectivity index (χ1) is 5.44. The second kappa shape index (κ2) is 4.72. The Balaban J connectivity index is 4.12. The van der Waals surface area contributed by atoms with Gasteiger partial charge in [-0.2, -0.15) is 0 Å². The third-order valence-corrected chi connectivity index (χ3v) is 2.50. The van der Waals surface area contributed by atoms with Gasteiger partial charge in [-0.3, -0.25) is 0 Å². The molecule has 0 aromatic heterocycles. The highest BCUT2D eigenvalue weighted by molar-refractivity contribution is 7.82. The van der Waals surface area contributed by atoms with E-state index in [4.69, 9.17) is 10.8 Å². The van der Waals surface area contributed by atoms with Crippen LogP contribution in [0.3, 0.4) is 0 Å². The highest BCUT2D eigenvalue weighted by Crippen LogP contribution is 2.23. The molecule has 72 valence electrons. The van der Waals surface area contributed by atoms with Crippen LogP contribution in [0.4, 0.5) is 0 Å². The van der Waals surface area contributed by atoms with Crippen LogP contribution in [-0.2, 0) is 4.79 Å². The fraction of sp³-hybridized carbons (Fsp3) is 0.875. The molecule has 0 aromatic rings. The van der Waals surface area contributed by atoms with Gasteiger partial charge in [-0.1, -0.05) is 26.7 Å². The Morgan fingerprint density at radius 3 is 2.25 bits per heavy atom. The third-order valence-electron chi connectivity index (χ3n) is 2.12. The van der Waals surface area contributed by atoms with Crippen molar-refractivity contribution in [2.24, 2.45) is 11.7 Å². The second-order valence-electron chi connectivity index (χ2n) is 3.12. The van der Waals surface area contributed by atoms with Gasteiger partial charge in [-0.05, 0) is 12.3 Å². The lowest BCUT2D eigenvalue weighted by molar-refractivity contribution is -0.140. The maximum Gasteiger partial charge on any atom is 0.333 e. The van der Waals surface area contributed by atoms with Crippen LogP contribution in [-0.4, -0.2) is 15.9 Å². The zero-order chi connectivity index (χ0) is 9.78. The van der Waals surface area contributed by atoms with Crippen molar-refractivity contribution < 1.29 is 9.90 Å². The number of nitrogens with two attached hydrogens (primary N) is 1. The standard InChI is InChI=1S/C8H17NO2S/c1-3-6(4-2)5-8(9,12)7(10)11/h6,12H,3-5,9H2,1-2H3,(H,10,11). The Kier molecular flexibility index (Phi) is 4.63. The van der Waals surface area contributed by atoms with Crippen LogP contribution in [0.25, 0.3) is 0 Å². The Labute approximate surface area is 78.7 Å². The topological polar surface area (TPSA) is 63.3 Å². The molecule has 12 heavy (non-hydrogen) atoms. The number of thiol groups is 1. The van der Waals surface area contributed by atoms with Crippen molar-refractivity contribution in [3.63, 3.8) is 0 Å². The molecule has 0 amide bonds. The van der Waals surface area contributed by atoms with E-state index in [1.165, 1.54) is 0 Å². The number of carboxylic acids is 1. The van der Waals surface area contributed by atoms with Crippen LogP contribution in [0.15, 0.2) is 0 Å². The second-order valence-corrected chi connectivity index (χ2v) is 3.91. The molecule has 0 aromatic carbocycles. The van der Waals surface area contributed by atoms with Crippen molar-refractivity contribution in [1.82, 2.24) is 0 Å². The molecular formula is C8H17NO2S. The smallest absolute Gasteiger partial charge is 0.333 e. The average Bonchev–Trinajstić information content (AvgIpc) is 2.00. The van der Waals surface area contributed by atoms with E-state index in [9.17, 15) is 4.79 Å². The van der Waals surface area contributed by atoms with Gasteiger partial charge in [0.05, 0.1) is 0 Å². The van der Waals surface area contributed by atoms with Gasteiger partial charge in [0.25, 0.3) is 0 Å². The van der Waals surface area contributed by atoms with Gasteiger partial charge in [-0.25, -0.2) is 4.79 Å². The Hall–Kier alpha value is -0.220. The van der Waals surface area contributed by atoms with Crippen LogP contribution in [0.1, 0.15) is 33.1 Å². The number of carbonyl (C=O) groups is 1. The summed E-state index contributed by atoms with van der Waals surface area (Å²) in [5.41, 5.74) is 5.48. The van der Waals surface area contributed by atoms with Gasteiger partial charge in [0.1, 0.15) is 0 Å². The molecule has 3 N–H and O–H groups in total. The minimum Gasteiger partial charge on any atom is -0.479 e. The van der Waals surface area contributed by atoms with E-state index in [-0.39, 0.29) is 0 Å². The van der Waals surface area contributed by atoms with E-state index in [1.807, 2.05) is 13.8 Å². The molecule has 1 atom stereocenters. The van der Waals surface area contributed by atoms with Crippen LogP contribution < -0.4 is 5.73 Å². The van der Waals surface area contributed by atoms with Crippen molar-refractivity contribution in [2.45, 2.75) is 38.0 Å². The number of hydrogen-bond acceptors (Lipinski definition) is 3. The average molecular weight is 191 g/mol. The molecule has 0 aliphatic rings. The summed E-state index contributed by atoms with van der Waals surface area (Å²) >= 11 is 3.91. The fourth-order valence-corrected chi connectivity index (χ4v) is 1.36. The SMILES string of the molecule is CCC(CC)CC(N)(S)C(=O)O. The lowest BCUT2D eigenvalue weighted by atomic mass is 9.95. The van der Waals surface area contributed by atoms with E-state index in [0.717, 1.165) is 12.8 Å². The van der Waals surface area contributed by atoms with Crippen LogP contribution in [0, 0.1) is 5.92 Å². The molecule has 0 saturated carbocycles. The van der Waals surface area contributed by atoms with Crippen LogP contribution in [0.5, 0.6) is 0 Å². The first-order valence-corrected chi connectivity index (χ1v) is 4.63. The van der Waals surface area contributed by atoms with Crippen molar-refractivity contribution in [3.05, 3.63) is 0 Å². The minimum atomic E-state index is -1.36. The number of aliphatic carboxylic acids is 1. The summed E-state index contributed by atoms with van der Waals surface area (Å²) in [7, 11) is 0. The van der Waals surface area contributed by atoms with E-state index < -0.39 is 10.8 Å². The molecule has 0 aliphatic heterocycles. The molecule has 0 radical (unpaired) electrons. The van der Waals surface area contributed by atoms with Gasteiger partial charge < -0.3 is 10.8 Å². The summed E-state index contributed by atoms with van der Waals surface area (Å²) in [6, 6.07) is 0. The maximum absolute atomic E-state index is 10.6. The largest absolute Gasteiger partial charge is 0.479 e. The van der Waals surface area contributed by atoms with Gasteiger partial charge in [0.2, 0.25) is 0 Å². The Morgan fingerprint density at radius 1 is 1.58 bits per heavy atom.